The normalized spacial score (nSPS) is 10.1. The SMILES string of the molecule is CCOc1ccc(NC(=O)c2cc(O)ccc2N)cn1. The number of carbonyl (C=O) groups is 1. The van der Waals surface area contributed by atoms with Gasteiger partial charge in [0.25, 0.3) is 5.91 Å². The molecule has 1 amide bonds. The number of nitrogens with one attached hydrogen (secondary N) is 1. The van der Waals surface area contributed by atoms with Gasteiger partial charge in [0.2, 0.25) is 5.88 Å². The van der Waals surface area contributed by atoms with E-state index in [2.05, 4.69) is 10.3 Å². The zero-order valence-corrected chi connectivity index (χ0v) is 11.0. The van der Waals surface area contributed by atoms with Crippen LogP contribution in [0.25, 0.3) is 0 Å². The van der Waals surface area contributed by atoms with Gasteiger partial charge in [0.15, 0.2) is 0 Å². The number of nitrogen functional groups attached to an aromatic ring is 1. The van der Waals surface area contributed by atoms with Crippen molar-refractivity contribution in [1.82, 2.24) is 4.98 Å². The van der Waals surface area contributed by atoms with Crippen molar-refractivity contribution in [3.05, 3.63) is 42.1 Å². The highest BCUT2D eigenvalue weighted by Crippen LogP contribution is 2.20. The van der Waals surface area contributed by atoms with Crippen molar-refractivity contribution in [3.63, 3.8) is 0 Å². The number of benzene rings is 1. The number of nitrogens with two attached hydrogens (primary N) is 1. The van der Waals surface area contributed by atoms with Gasteiger partial charge in [-0.05, 0) is 31.2 Å². The molecular formula is C14H15N3O3. The maximum Gasteiger partial charge on any atom is 0.257 e. The number of carbonyl (C=O) groups excluding carboxylic acids is 1. The minimum absolute atomic E-state index is 0.0193. The van der Waals surface area contributed by atoms with Gasteiger partial charge in [-0.2, -0.15) is 0 Å². The topological polar surface area (TPSA) is 97.5 Å². The Morgan fingerprint density at radius 3 is 2.85 bits per heavy atom. The summed E-state index contributed by atoms with van der Waals surface area (Å²) in [7, 11) is 0. The lowest BCUT2D eigenvalue weighted by Crippen LogP contribution is -2.14. The molecule has 1 aromatic carbocycles. The molecule has 0 radical (unpaired) electrons. The second kappa shape index (κ2) is 5.92. The standard InChI is InChI=1S/C14H15N3O3/c1-2-20-13-6-3-9(8-16-13)17-14(19)11-7-10(18)4-5-12(11)15/h3-8,18H,2,15H2,1H3,(H,17,19). The lowest BCUT2D eigenvalue weighted by molar-refractivity contribution is 0.102. The second-order valence-electron chi connectivity index (χ2n) is 4.04. The van der Waals surface area contributed by atoms with Gasteiger partial charge in [0.1, 0.15) is 5.75 Å². The second-order valence-corrected chi connectivity index (χ2v) is 4.04. The molecule has 6 nitrogen and oxygen atoms in total. The van der Waals surface area contributed by atoms with Gasteiger partial charge in [-0.25, -0.2) is 4.98 Å². The van der Waals surface area contributed by atoms with Gasteiger partial charge in [0, 0.05) is 11.8 Å². The zero-order valence-electron chi connectivity index (χ0n) is 11.0. The molecule has 20 heavy (non-hydrogen) atoms. The Morgan fingerprint density at radius 2 is 2.20 bits per heavy atom. The first-order valence-electron chi connectivity index (χ1n) is 6.09. The first-order valence-corrected chi connectivity index (χ1v) is 6.09. The molecule has 0 aliphatic rings. The molecular weight excluding hydrogens is 258 g/mol. The summed E-state index contributed by atoms with van der Waals surface area (Å²) in [6.07, 6.45) is 1.49. The number of hydrogen-bond acceptors (Lipinski definition) is 5. The maximum atomic E-state index is 12.0. The number of aromatic hydroxyl groups is 1. The molecule has 0 bridgehead atoms. The molecule has 0 spiro atoms. The fraction of sp³-hybridized carbons (Fsp3) is 0.143. The van der Waals surface area contributed by atoms with Gasteiger partial charge >= 0.3 is 0 Å². The Hall–Kier alpha value is -2.76. The number of phenols is 1. The first-order chi connectivity index (χ1) is 9.60. The zero-order chi connectivity index (χ0) is 14.5. The average molecular weight is 273 g/mol. The van der Waals surface area contributed by atoms with Gasteiger partial charge in [-0.3, -0.25) is 4.79 Å². The van der Waals surface area contributed by atoms with Crippen LogP contribution in [0.2, 0.25) is 0 Å². The van der Waals surface area contributed by atoms with Crippen LogP contribution < -0.4 is 15.8 Å². The number of pyridine rings is 1. The van der Waals surface area contributed by atoms with Crippen LogP contribution in [0.15, 0.2) is 36.5 Å². The van der Waals surface area contributed by atoms with E-state index in [1.807, 2.05) is 6.92 Å². The van der Waals surface area contributed by atoms with Crippen LogP contribution in [-0.4, -0.2) is 22.6 Å². The third-order valence-electron chi connectivity index (χ3n) is 2.57. The third-order valence-corrected chi connectivity index (χ3v) is 2.57. The molecule has 2 rings (SSSR count). The number of nitrogens with zero attached hydrogens (tertiary/aromatic N) is 1. The van der Waals surface area contributed by atoms with Crippen LogP contribution in [0.1, 0.15) is 17.3 Å². The van der Waals surface area contributed by atoms with Gasteiger partial charge < -0.3 is 20.9 Å². The van der Waals surface area contributed by atoms with E-state index in [-0.39, 0.29) is 11.3 Å². The summed E-state index contributed by atoms with van der Waals surface area (Å²) in [6, 6.07) is 7.54. The molecule has 0 aliphatic carbocycles. The van der Waals surface area contributed by atoms with Crippen molar-refractivity contribution >= 4 is 17.3 Å². The molecule has 0 atom stereocenters. The Balaban J connectivity index is 2.13. The van der Waals surface area contributed by atoms with E-state index in [9.17, 15) is 9.90 Å². The molecule has 0 unspecified atom stereocenters. The molecule has 0 saturated heterocycles. The lowest BCUT2D eigenvalue weighted by Gasteiger charge is -2.08. The Morgan fingerprint density at radius 1 is 1.40 bits per heavy atom. The van der Waals surface area contributed by atoms with Crippen molar-refractivity contribution in [2.45, 2.75) is 6.92 Å². The maximum absolute atomic E-state index is 12.0. The number of anilines is 2. The number of aromatic nitrogens is 1. The summed E-state index contributed by atoms with van der Waals surface area (Å²) >= 11 is 0. The average Bonchev–Trinajstić information content (AvgIpc) is 2.44. The lowest BCUT2D eigenvalue weighted by atomic mass is 10.1. The third kappa shape index (κ3) is 3.17. The summed E-state index contributed by atoms with van der Waals surface area (Å²) in [5.41, 5.74) is 6.71. The first kappa shape index (κ1) is 13.7. The highest BCUT2D eigenvalue weighted by atomic mass is 16.5. The molecule has 0 saturated carbocycles. The predicted molar refractivity (Wildman–Crippen MR) is 75.9 cm³/mol. The molecule has 4 N–H and O–H groups in total. The fourth-order valence-electron chi connectivity index (χ4n) is 1.63. The van der Waals surface area contributed by atoms with Crippen LogP contribution in [0.3, 0.4) is 0 Å². The largest absolute Gasteiger partial charge is 0.508 e. The minimum Gasteiger partial charge on any atom is -0.508 e. The summed E-state index contributed by atoms with van der Waals surface area (Å²) in [6.45, 7) is 2.39. The Bertz CT molecular complexity index is 612. The van der Waals surface area contributed by atoms with Gasteiger partial charge in [-0.15, -0.1) is 0 Å². The molecule has 1 heterocycles. The number of hydrogen-bond donors (Lipinski definition) is 3. The van der Waals surface area contributed by atoms with E-state index in [0.29, 0.717) is 23.9 Å². The van der Waals surface area contributed by atoms with Crippen molar-refractivity contribution in [2.75, 3.05) is 17.7 Å². The van der Waals surface area contributed by atoms with Crippen LogP contribution in [-0.2, 0) is 0 Å². The minimum atomic E-state index is -0.413. The molecule has 1 aromatic heterocycles. The monoisotopic (exact) mass is 273 g/mol. The van der Waals surface area contributed by atoms with E-state index in [4.69, 9.17) is 10.5 Å². The summed E-state index contributed by atoms with van der Waals surface area (Å²) < 4.78 is 5.21. The van der Waals surface area contributed by atoms with E-state index in [1.54, 1.807) is 12.1 Å². The van der Waals surface area contributed by atoms with Crippen molar-refractivity contribution in [3.8, 4) is 11.6 Å². The summed E-state index contributed by atoms with van der Waals surface area (Å²) in [5.74, 6) is 0.0564. The van der Waals surface area contributed by atoms with E-state index in [0.717, 1.165) is 0 Å². The molecule has 0 aliphatic heterocycles. The quantitative estimate of drug-likeness (QED) is 0.585. The fourth-order valence-corrected chi connectivity index (χ4v) is 1.63. The Kier molecular flexibility index (Phi) is 4.05. The number of ether oxygens (including phenoxy) is 1. The summed E-state index contributed by atoms with van der Waals surface area (Å²) in [4.78, 5) is 16.1. The molecule has 6 heteroatoms. The van der Waals surface area contributed by atoms with Crippen molar-refractivity contribution in [2.24, 2.45) is 0 Å². The van der Waals surface area contributed by atoms with Crippen LogP contribution in [0.4, 0.5) is 11.4 Å². The number of amides is 1. The number of phenolic OH excluding ortho intramolecular Hbond substituents is 1. The van der Waals surface area contributed by atoms with Gasteiger partial charge in [0.05, 0.1) is 24.1 Å². The van der Waals surface area contributed by atoms with Crippen molar-refractivity contribution < 1.29 is 14.6 Å². The molecule has 104 valence electrons. The van der Waals surface area contributed by atoms with Crippen LogP contribution in [0, 0.1) is 0 Å². The van der Waals surface area contributed by atoms with Crippen LogP contribution >= 0.6 is 0 Å². The number of rotatable bonds is 4. The van der Waals surface area contributed by atoms with Gasteiger partial charge in [-0.1, -0.05) is 0 Å². The Labute approximate surface area is 116 Å². The summed E-state index contributed by atoms with van der Waals surface area (Å²) in [5, 5.41) is 12.0. The van der Waals surface area contributed by atoms with E-state index >= 15 is 0 Å². The van der Waals surface area contributed by atoms with Crippen LogP contribution in [0.5, 0.6) is 11.6 Å². The predicted octanol–water partition coefficient (Wildman–Crippen LogP) is 2.02. The molecule has 0 fully saturated rings. The van der Waals surface area contributed by atoms with Crippen molar-refractivity contribution in [1.29, 1.82) is 0 Å². The highest BCUT2D eigenvalue weighted by Gasteiger charge is 2.11. The van der Waals surface area contributed by atoms with E-state index < -0.39 is 5.91 Å². The highest BCUT2D eigenvalue weighted by molar-refractivity contribution is 6.07. The van der Waals surface area contributed by atoms with E-state index in [1.165, 1.54) is 24.4 Å². The smallest absolute Gasteiger partial charge is 0.257 e. The molecule has 2 aromatic rings.